The van der Waals surface area contributed by atoms with Gasteiger partial charge in [0, 0.05) is 11.9 Å². The molecule has 0 saturated heterocycles. The number of furan rings is 1. The van der Waals surface area contributed by atoms with Crippen LogP contribution in [0.25, 0.3) is 17.3 Å². The molecule has 148 valence electrons. The van der Waals surface area contributed by atoms with Gasteiger partial charge in [-0.3, -0.25) is 4.57 Å². The van der Waals surface area contributed by atoms with Crippen molar-refractivity contribution in [3.63, 3.8) is 0 Å². The fourth-order valence-electron chi connectivity index (χ4n) is 2.88. The molecule has 0 bridgehead atoms. The maximum absolute atomic E-state index is 5.82. The van der Waals surface area contributed by atoms with E-state index in [1.54, 1.807) is 20.4 Å². The zero-order valence-corrected chi connectivity index (χ0v) is 17.0. The molecule has 3 aromatic heterocycles. The van der Waals surface area contributed by atoms with Gasteiger partial charge in [-0.1, -0.05) is 17.8 Å². The lowest BCUT2D eigenvalue weighted by Crippen LogP contribution is -2.05. The van der Waals surface area contributed by atoms with Gasteiger partial charge >= 0.3 is 0 Å². The van der Waals surface area contributed by atoms with E-state index < -0.39 is 0 Å². The lowest BCUT2D eigenvalue weighted by atomic mass is 10.2. The minimum atomic E-state index is 0.558. The SMILES string of the molecule is COc1cccc(OC)c1-n1c(SCc2cccnn2)nnc1-c1ccc(C)o1. The van der Waals surface area contributed by atoms with Crippen molar-refractivity contribution in [2.45, 2.75) is 17.8 Å². The fourth-order valence-corrected chi connectivity index (χ4v) is 3.72. The molecule has 0 amide bonds. The predicted molar refractivity (Wildman–Crippen MR) is 108 cm³/mol. The lowest BCUT2D eigenvalue weighted by molar-refractivity contribution is 0.390. The highest BCUT2D eigenvalue weighted by Crippen LogP contribution is 2.39. The third kappa shape index (κ3) is 3.81. The van der Waals surface area contributed by atoms with E-state index in [9.17, 15) is 0 Å². The van der Waals surface area contributed by atoms with Gasteiger partial charge < -0.3 is 13.9 Å². The molecule has 0 saturated carbocycles. The highest BCUT2D eigenvalue weighted by atomic mass is 32.2. The maximum Gasteiger partial charge on any atom is 0.205 e. The Morgan fingerprint density at radius 1 is 0.966 bits per heavy atom. The maximum atomic E-state index is 5.82. The molecule has 0 atom stereocenters. The predicted octanol–water partition coefficient (Wildman–Crippen LogP) is 3.94. The zero-order valence-electron chi connectivity index (χ0n) is 16.2. The van der Waals surface area contributed by atoms with Gasteiger partial charge in [-0.25, -0.2) is 0 Å². The van der Waals surface area contributed by atoms with Crippen molar-refractivity contribution in [3.05, 3.63) is 60.1 Å². The normalized spacial score (nSPS) is 10.9. The second-order valence-electron chi connectivity index (χ2n) is 6.07. The highest BCUT2D eigenvalue weighted by Gasteiger charge is 2.24. The van der Waals surface area contributed by atoms with E-state index in [0.717, 1.165) is 11.5 Å². The Morgan fingerprint density at radius 2 is 1.76 bits per heavy atom. The summed E-state index contributed by atoms with van der Waals surface area (Å²) in [7, 11) is 3.23. The summed E-state index contributed by atoms with van der Waals surface area (Å²) in [4.78, 5) is 0. The number of hydrogen-bond acceptors (Lipinski definition) is 8. The van der Waals surface area contributed by atoms with E-state index in [0.29, 0.717) is 39.7 Å². The minimum absolute atomic E-state index is 0.558. The smallest absolute Gasteiger partial charge is 0.205 e. The van der Waals surface area contributed by atoms with Gasteiger partial charge in [0.1, 0.15) is 22.9 Å². The van der Waals surface area contributed by atoms with Crippen LogP contribution >= 0.6 is 11.8 Å². The number of thioether (sulfide) groups is 1. The Balaban J connectivity index is 1.85. The number of para-hydroxylation sites is 1. The van der Waals surface area contributed by atoms with Crippen molar-refractivity contribution in [1.29, 1.82) is 0 Å². The zero-order chi connectivity index (χ0) is 20.2. The summed E-state index contributed by atoms with van der Waals surface area (Å²) in [6, 6.07) is 13.1. The highest BCUT2D eigenvalue weighted by molar-refractivity contribution is 7.98. The van der Waals surface area contributed by atoms with Gasteiger partial charge in [0.15, 0.2) is 10.9 Å². The summed E-state index contributed by atoms with van der Waals surface area (Å²) in [6.45, 7) is 1.89. The second-order valence-corrected chi connectivity index (χ2v) is 7.01. The van der Waals surface area contributed by atoms with Crippen LogP contribution in [-0.2, 0) is 5.75 Å². The molecule has 0 aliphatic heterocycles. The van der Waals surface area contributed by atoms with Crippen LogP contribution in [0.4, 0.5) is 0 Å². The molecule has 0 spiro atoms. The van der Waals surface area contributed by atoms with Crippen molar-refractivity contribution >= 4 is 11.8 Å². The Hall–Kier alpha value is -3.33. The van der Waals surface area contributed by atoms with Crippen molar-refractivity contribution in [2.24, 2.45) is 0 Å². The number of hydrogen-bond donors (Lipinski definition) is 0. The second kappa shape index (κ2) is 8.36. The third-order valence-electron chi connectivity index (χ3n) is 4.20. The number of benzene rings is 1. The molecule has 0 unspecified atom stereocenters. The number of nitrogens with zero attached hydrogens (tertiary/aromatic N) is 5. The topological polar surface area (TPSA) is 88.1 Å². The van der Waals surface area contributed by atoms with E-state index in [1.165, 1.54) is 11.8 Å². The van der Waals surface area contributed by atoms with Crippen LogP contribution in [0.5, 0.6) is 11.5 Å². The molecule has 3 heterocycles. The van der Waals surface area contributed by atoms with Crippen molar-refractivity contribution < 1.29 is 13.9 Å². The first-order valence-electron chi connectivity index (χ1n) is 8.84. The van der Waals surface area contributed by atoms with Crippen molar-refractivity contribution in [1.82, 2.24) is 25.0 Å². The van der Waals surface area contributed by atoms with Crippen LogP contribution in [0, 0.1) is 6.92 Å². The average Bonchev–Trinajstić information content (AvgIpc) is 3.38. The number of aromatic nitrogens is 5. The van der Waals surface area contributed by atoms with Crippen molar-refractivity contribution in [3.8, 4) is 28.8 Å². The lowest BCUT2D eigenvalue weighted by Gasteiger charge is -2.16. The molecule has 8 nitrogen and oxygen atoms in total. The average molecular weight is 409 g/mol. The van der Waals surface area contributed by atoms with E-state index in [2.05, 4.69) is 20.4 Å². The summed E-state index contributed by atoms with van der Waals surface area (Å²) >= 11 is 1.49. The summed E-state index contributed by atoms with van der Waals surface area (Å²) < 4.78 is 18.9. The van der Waals surface area contributed by atoms with Crippen LogP contribution in [0.2, 0.25) is 0 Å². The Morgan fingerprint density at radius 3 is 2.38 bits per heavy atom. The molecule has 29 heavy (non-hydrogen) atoms. The Labute approximate surface area is 171 Å². The molecule has 1 aromatic carbocycles. The monoisotopic (exact) mass is 409 g/mol. The van der Waals surface area contributed by atoms with Gasteiger partial charge in [-0.15, -0.1) is 10.2 Å². The molecular weight excluding hydrogens is 390 g/mol. The molecule has 4 rings (SSSR count). The first kappa shape index (κ1) is 19.0. The number of aryl methyl sites for hydroxylation is 1. The van der Waals surface area contributed by atoms with Gasteiger partial charge in [0.2, 0.25) is 5.82 Å². The Bertz CT molecular complexity index is 1090. The van der Waals surface area contributed by atoms with Crippen LogP contribution in [-0.4, -0.2) is 39.2 Å². The van der Waals surface area contributed by atoms with Gasteiger partial charge in [-0.05, 0) is 43.3 Å². The van der Waals surface area contributed by atoms with E-state index in [4.69, 9.17) is 13.9 Å². The van der Waals surface area contributed by atoms with Crippen LogP contribution in [0.3, 0.4) is 0 Å². The largest absolute Gasteiger partial charge is 0.494 e. The molecule has 9 heteroatoms. The van der Waals surface area contributed by atoms with Crippen LogP contribution in [0.1, 0.15) is 11.5 Å². The quantitative estimate of drug-likeness (QED) is 0.424. The minimum Gasteiger partial charge on any atom is -0.494 e. The molecular formula is C20H19N5O3S. The van der Waals surface area contributed by atoms with Gasteiger partial charge in [-0.2, -0.15) is 10.2 Å². The first-order valence-corrected chi connectivity index (χ1v) is 9.82. The molecule has 0 aliphatic carbocycles. The molecule has 0 N–H and O–H groups in total. The summed E-state index contributed by atoms with van der Waals surface area (Å²) in [6.07, 6.45) is 1.65. The fraction of sp³-hybridized carbons (Fsp3) is 0.200. The Kier molecular flexibility index (Phi) is 5.48. The summed E-state index contributed by atoms with van der Waals surface area (Å²) in [5, 5.41) is 17.5. The van der Waals surface area contributed by atoms with Crippen LogP contribution < -0.4 is 9.47 Å². The van der Waals surface area contributed by atoms with Crippen LogP contribution in [0.15, 0.2) is 58.2 Å². The van der Waals surface area contributed by atoms with Crippen molar-refractivity contribution in [2.75, 3.05) is 14.2 Å². The van der Waals surface area contributed by atoms with E-state index >= 15 is 0 Å². The van der Waals surface area contributed by atoms with E-state index in [-0.39, 0.29) is 0 Å². The third-order valence-corrected chi connectivity index (χ3v) is 5.16. The van der Waals surface area contributed by atoms with E-state index in [1.807, 2.05) is 54.0 Å². The van der Waals surface area contributed by atoms with Gasteiger partial charge in [0.05, 0.1) is 19.9 Å². The molecule has 0 radical (unpaired) electrons. The molecule has 0 fully saturated rings. The number of methoxy groups -OCH3 is 2. The standard InChI is InChI=1S/C20H19N5O3S/c1-13-9-10-17(28-13)19-23-24-20(29-12-14-6-5-11-21-22-14)25(19)18-15(26-2)7-4-8-16(18)27-3/h4-11H,12H2,1-3H3. The molecule has 4 aromatic rings. The summed E-state index contributed by atoms with van der Waals surface area (Å²) in [5.74, 6) is 3.80. The number of ether oxygens (including phenoxy) is 2. The summed E-state index contributed by atoms with van der Waals surface area (Å²) in [5.41, 5.74) is 1.54. The van der Waals surface area contributed by atoms with Gasteiger partial charge in [0.25, 0.3) is 0 Å². The first-order chi connectivity index (χ1) is 14.2. The molecule has 0 aliphatic rings. The number of rotatable bonds is 7.